The molecule has 0 saturated carbocycles. The first-order valence-electron chi connectivity index (χ1n) is 12.9. The third-order valence-corrected chi connectivity index (χ3v) is 6.56. The summed E-state index contributed by atoms with van der Waals surface area (Å²) in [7, 11) is 0. The van der Waals surface area contributed by atoms with Crippen LogP contribution in [0.15, 0.2) is 51.9 Å². The van der Waals surface area contributed by atoms with Gasteiger partial charge in [-0.1, -0.05) is 51.2 Å². The highest BCUT2D eigenvalue weighted by Crippen LogP contribution is 2.31. The summed E-state index contributed by atoms with van der Waals surface area (Å²) >= 11 is 0. The van der Waals surface area contributed by atoms with Crippen LogP contribution >= 0.6 is 0 Å². The minimum Gasteiger partial charge on any atom is -0.507 e. The lowest BCUT2D eigenvalue weighted by Crippen LogP contribution is -2.59. The predicted molar refractivity (Wildman–Crippen MR) is 138 cm³/mol. The van der Waals surface area contributed by atoms with Crippen molar-refractivity contribution in [2.45, 2.75) is 76.3 Å². The second kappa shape index (κ2) is 12.6. The van der Waals surface area contributed by atoms with Gasteiger partial charge in [-0.15, -0.1) is 0 Å². The summed E-state index contributed by atoms with van der Waals surface area (Å²) in [6.07, 6.45) is 0.0306. The number of aliphatic hydroxyl groups excluding tert-OH is 4. The largest absolute Gasteiger partial charge is 0.507 e. The van der Waals surface area contributed by atoms with Gasteiger partial charge in [0.15, 0.2) is 6.29 Å². The molecule has 2 heterocycles. The highest BCUT2D eigenvalue weighted by Gasteiger charge is 2.44. The SMILES string of the molecule is CCCCCCCCOc1cc(O)c2c(=O)c(-c3ccc(OC4OC(O)C(O)C(O)C4O)cc3)coc2c1. The van der Waals surface area contributed by atoms with E-state index in [1.807, 2.05) is 0 Å². The van der Waals surface area contributed by atoms with Crippen molar-refractivity contribution < 1.29 is 44.2 Å². The number of phenolic OH excluding ortho intramolecular Hbond substituents is 1. The minimum absolute atomic E-state index is 0.0370. The van der Waals surface area contributed by atoms with Gasteiger partial charge in [-0.25, -0.2) is 0 Å². The molecule has 1 aliphatic rings. The van der Waals surface area contributed by atoms with Gasteiger partial charge in [-0.05, 0) is 24.1 Å². The Balaban J connectivity index is 1.44. The second-order valence-corrected chi connectivity index (χ2v) is 9.42. The van der Waals surface area contributed by atoms with Crippen LogP contribution in [0.1, 0.15) is 45.4 Å². The van der Waals surface area contributed by atoms with E-state index in [0.717, 1.165) is 19.3 Å². The van der Waals surface area contributed by atoms with Crippen LogP contribution < -0.4 is 14.9 Å². The Hall–Kier alpha value is -3.15. The number of unbranched alkanes of at least 4 members (excludes halogenated alkanes) is 5. The summed E-state index contributed by atoms with van der Waals surface area (Å²) < 4.78 is 21.9. The summed E-state index contributed by atoms with van der Waals surface area (Å²) in [6.45, 7) is 2.69. The molecule has 0 aliphatic carbocycles. The number of ether oxygens (including phenoxy) is 3. The summed E-state index contributed by atoms with van der Waals surface area (Å²) in [5, 5.41) is 49.7. The molecule has 0 bridgehead atoms. The normalized spacial score (nSPS) is 23.4. The molecule has 10 nitrogen and oxygen atoms in total. The molecule has 0 spiro atoms. The van der Waals surface area contributed by atoms with Crippen LogP contribution in [0.25, 0.3) is 22.1 Å². The molecule has 4 rings (SSSR count). The van der Waals surface area contributed by atoms with Gasteiger partial charge >= 0.3 is 0 Å². The van der Waals surface area contributed by atoms with Crippen molar-refractivity contribution in [3.05, 3.63) is 52.9 Å². The average molecular weight is 531 g/mol. The zero-order valence-corrected chi connectivity index (χ0v) is 21.2. The summed E-state index contributed by atoms with van der Waals surface area (Å²) in [5.74, 6) is 0.406. The highest BCUT2D eigenvalue weighted by molar-refractivity contribution is 5.88. The molecule has 206 valence electrons. The molecular formula is C28H34O10. The molecular weight excluding hydrogens is 496 g/mol. The molecule has 1 saturated heterocycles. The summed E-state index contributed by atoms with van der Waals surface area (Å²) in [4.78, 5) is 13.2. The first-order chi connectivity index (χ1) is 18.3. The lowest BCUT2D eigenvalue weighted by molar-refractivity contribution is -0.321. The summed E-state index contributed by atoms with van der Waals surface area (Å²) in [5.41, 5.74) is 0.477. The van der Waals surface area contributed by atoms with E-state index in [0.29, 0.717) is 17.9 Å². The van der Waals surface area contributed by atoms with Crippen LogP contribution in [-0.4, -0.2) is 63.0 Å². The lowest BCUT2D eigenvalue weighted by Gasteiger charge is -2.37. The zero-order valence-electron chi connectivity index (χ0n) is 21.2. The molecule has 38 heavy (non-hydrogen) atoms. The van der Waals surface area contributed by atoms with E-state index in [1.54, 1.807) is 18.2 Å². The maximum atomic E-state index is 13.2. The van der Waals surface area contributed by atoms with Crippen LogP contribution in [0.5, 0.6) is 17.2 Å². The number of aliphatic hydroxyl groups is 4. The van der Waals surface area contributed by atoms with E-state index in [-0.39, 0.29) is 28.0 Å². The molecule has 3 aromatic rings. The van der Waals surface area contributed by atoms with Crippen molar-refractivity contribution in [1.29, 1.82) is 0 Å². The first-order valence-corrected chi connectivity index (χ1v) is 12.9. The lowest BCUT2D eigenvalue weighted by atomic mass is 10.0. The van der Waals surface area contributed by atoms with Crippen molar-refractivity contribution in [3.63, 3.8) is 0 Å². The van der Waals surface area contributed by atoms with Gasteiger partial charge in [0.2, 0.25) is 11.7 Å². The molecule has 5 unspecified atom stereocenters. The predicted octanol–water partition coefficient (Wildman–Crippen LogP) is 3.04. The van der Waals surface area contributed by atoms with Crippen molar-refractivity contribution in [1.82, 2.24) is 0 Å². The second-order valence-electron chi connectivity index (χ2n) is 9.42. The molecule has 5 N–H and O–H groups in total. The fourth-order valence-electron chi connectivity index (χ4n) is 4.34. The zero-order chi connectivity index (χ0) is 27.2. The molecule has 1 aromatic heterocycles. The Kier molecular flexibility index (Phi) is 9.24. The third kappa shape index (κ3) is 6.28. The minimum atomic E-state index is -1.73. The van der Waals surface area contributed by atoms with Gasteiger partial charge in [0.25, 0.3) is 0 Å². The molecule has 1 aliphatic heterocycles. The van der Waals surface area contributed by atoms with Crippen LogP contribution in [0.4, 0.5) is 0 Å². The number of rotatable bonds is 11. The number of phenols is 1. The Morgan fingerprint density at radius 2 is 1.58 bits per heavy atom. The van der Waals surface area contributed by atoms with Crippen molar-refractivity contribution >= 4 is 11.0 Å². The molecule has 1 fully saturated rings. The van der Waals surface area contributed by atoms with E-state index in [4.69, 9.17) is 18.6 Å². The standard InChI is InChI=1S/C28H34O10/c1-2-3-4-5-6-7-12-35-18-13-20(29)22-21(14-18)36-15-19(23(22)30)16-8-10-17(11-9-16)37-28-26(33)24(31)25(32)27(34)38-28/h8-11,13-15,24-29,31-34H,2-7,12H2,1H3. The number of fused-ring (bicyclic) bond motifs is 1. The van der Waals surface area contributed by atoms with Crippen LogP contribution in [0.3, 0.4) is 0 Å². The van der Waals surface area contributed by atoms with Crippen molar-refractivity contribution in [2.24, 2.45) is 0 Å². The maximum Gasteiger partial charge on any atom is 0.231 e. The number of hydrogen-bond donors (Lipinski definition) is 5. The number of benzene rings is 2. The van der Waals surface area contributed by atoms with E-state index in [1.165, 1.54) is 43.7 Å². The van der Waals surface area contributed by atoms with Gasteiger partial charge in [-0.3, -0.25) is 4.79 Å². The van der Waals surface area contributed by atoms with E-state index < -0.39 is 36.3 Å². The number of hydrogen-bond acceptors (Lipinski definition) is 10. The van der Waals surface area contributed by atoms with Crippen LogP contribution in [-0.2, 0) is 4.74 Å². The molecule has 2 aromatic carbocycles. The van der Waals surface area contributed by atoms with E-state index >= 15 is 0 Å². The maximum absolute atomic E-state index is 13.2. The summed E-state index contributed by atoms with van der Waals surface area (Å²) in [6, 6.07) is 9.13. The fraction of sp³-hybridized carbons (Fsp3) is 0.464. The third-order valence-electron chi connectivity index (χ3n) is 6.56. The van der Waals surface area contributed by atoms with Crippen LogP contribution in [0.2, 0.25) is 0 Å². The molecule has 0 radical (unpaired) electrons. The molecule has 5 atom stereocenters. The van der Waals surface area contributed by atoms with Gasteiger partial charge in [-0.2, -0.15) is 0 Å². The smallest absolute Gasteiger partial charge is 0.231 e. The highest BCUT2D eigenvalue weighted by atomic mass is 16.7. The Labute approximate surface area is 219 Å². The quantitative estimate of drug-likeness (QED) is 0.233. The van der Waals surface area contributed by atoms with Gasteiger partial charge < -0.3 is 44.2 Å². The Morgan fingerprint density at radius 1 is 0.868 bits per heavy atom. The van der Waals surface area contributed by atoms with E-state index in [2.05, 4.69) is 6.92 Å². The molecule has 10 heteroatoms. The van der Waals surface area contributed by atoms with Gasteiger partial charge in [0, 0.05) is 12.1 Å². The molecule has 0 amide bonds. The van der Waals surface area contributed by atoms with E-state index in [9.17, 15) is 30.3 Å². The van der Waals surface area contributed by atoms with Crippen molar-refractivity contribution in [3.8, 4) is 28.4 Å². The average Bonchev–Trinajstić information content (AvgIpc) is 2.90. The Bertz CT molecular complexity index is 1250. The Morgan fingerprint density at radius 3 is 2.32 bits per heavy atom. The topological polar surface area (TPSA) is 159 Å². The first kappa shape index (κ1) is 27.9. The van der Waals surface area contributed by atoms with Gasteiger partial charge in [0.05, 0.1) is 12.2 Å². The van der Waals surface area contributed by atoms with Crippen molar-refractivity contribution in [2.75, 3.05) is 6.61 Å². The fourth-order valence-corrected chi connectivity index (χ4v) is 4.34. The van der Waals surface area contributed by atoms with Gasteiger partial charge in [0.1, 0.15) is 52.8 Å². The van der Waals surface area contributed by atoms with Crippen LogP contribution in [0, 0.1) is 0 Å². The monoisotopic (exact) mass is 530 g/mol. The number of aromatic hydroxyl groups is 1.